The van der Waals surface area contributed by atoms with Crippen molar-refractivity contribution < 1.29 is 9.66 Å². The van der Waals surface area contributed by atoms with Crippen LogP contribution in [0.15, 0.2) is 30.6 Å². The first-order chi connectivity index (χ1) is 9.10. The summed E-state index contributed by atoms with van der Waals surface area (Å²) in [6.45, 7) is 0.460. The fourth-order valence-corrected chi connectivity index (χ4v) is 1.70. The van der Waals surface area contributed by atoms with Gasteiger partial charge in [-0.05, 0) is 6.07 Å². The van der Waals surface area contributed by atoms with Crippen molar-refractivity contribution in [1.82, 2.24) is 9.78 Å². The molecule has 0 bridgehead atoms. The Hall–Kier alpha value is -2.57. The molecular formula is C12H14N4O3. The third-order valence-corrected chi connectivity index (χ3v) is 2.64. The summed E-state index contributed by atoms with van der Waals surface area (Å²) >= 11 is 0. The van der Waals surface area contributed by atoms with Crippen LogP contribution in [0.3, 0.4) is 0 Å². The topological polar surface area (TPSA) is 82.2 Å². The summed E-state index contributed by atoms with van der Waals surface area (Å²) in [4.78, 5) is 10.5. The number of rotatable bonds is 5. The predicted molar refractivity (Wildman–Crippen MR) is 70.2 cm³/mol. The van der Waals surface area contributed by atoms with E-state index in [-0.39, 0.29) is 5.69 Å². The second-order valence-corrected chi connectivity index (χ2v) is 4.02. The van der Waals surface area contributed by atoms with Gasteiger partial charge in [0.2, 0.25) is 0 Å². The summed E-state index contributed by atoms with van der Waals surface area (Å²) < 4.78 is 6.74. The van der Waals surface area contributed by atoms with Crippen LogP contribution < -0.4 is 10.1 Å². The van der Waals surface area contributed by atoms with Crippen LogP contribution in [-0.4, -0.2) is 21.8 Å². The average molecular weight is 262 g/mol. The molecule has 2 rings (SSSR count). The average Bonchev–Trinajstić information content (AvgIpc) is 2.81. The Balaban J connectivity index is 2.19. The van der Waals surface area contributed by atoms with Gasteiger partial charge in [0.1, 0.15) is 11.4 Å². The lowest BCUT2D eigenvalue weighted by atomic mass is 10.2. The standard InChI is InChI=1S/C12H14N4O3/c1-15-8-9(7-14-15)6-13-11-5-10(19-2)3-4-12(11)16(17)18/h3-5,7-8,13H,6H2,1-2H3. The second-order valence-electron chi connectivity index (χ2n) is 4.02. The molecular weight excluding hydrogens is 248 g/mol. The fourth-order valence-electron chi connectivity index (χ4n) is 1.70. The first-order valence-electron chi connectivity index (χ1n) is 5.64. The lowest BCUT2D eigenvalue weighted by molar-refractivity contribution is -0.384. The van der Waals surface area contributed by atoms with Crippen LogP contribution in [0.1, 0.15) is 5.56 Å². The molecule has 0 radical (unpaired) electrons. The van der Waals surface area contributed by atoms with Crippen LogP contribution in [0, 0.1) is 10.1 Å². The van der Waals surface area contributed by atoms with E-state index < -0.39 is 4.92 Å². The number of aryl methyl sites for hydroxylation is 1. The number of anilines is 1. The molecule has 19 heavy (non-hydrogen) atoms. The van der Waals surface area contributed by atoms with Gasteiger partial charge >= 0.3 is 0 Å². The van der Waals surface area contributed by atoms with Crippen LogP contribution in [0.2, 0.25) is 0 Å². The van der Waals surface area contributed by atoms with Crippen molar-refractivity contribution >= 4 is 11.4 Å². The molecule has 1 N–H and O–H groups in total. The number of nitrogens with zero attached hydrogens (tertiary/aromatic N) is 3. The minimum Gasteiger partial charge on any atom is -0.497 e. The van der Waals surface area contributed by atoms with E-state index in [9.17, 15) is 10.1 Å². The number of nitro groups is 1. The van der Waals surface area contributed by atoms with Gasteiger partial charge in [0.15, 0.2) is 0 Å². The Labute approximate surface area is 110 Å². The van der Waals surface area contributed by atoms with Crippen molar-refractivity contribution in [2.45, 2.75) is 6.54 Å². The number of hydrogen-bond donors (Lipinski definition) is 1. The van der Waals surface area contributed by atoms with Gasteiger partial charge in [-0.15, -0.1) is 0 Å². The van der Waals surface area contributed by atoms with Crippen molar-refractivity contribution in [3.8, 4) is 5.75 Å². The Bertz CT molecular complexity index is 594. The molecule has 0 fully saturated rings. The Morgan fingerprint density at radius 2 is 2.32 bits per heavy atom. The number of nitro benzene ring substituents is 1. The highest BCUT2D eigenvalue weighted by atomic mass is 16.6. The molecule has 0 aliphatic rings. The number of benzene rings is 1. The van der Waals surface area contributed by atoms with E-state index in [1.807, 2.05) is 13.2 Å². The molecule has 2 aromatic rings. The van der Waals surface area contributed by atoms with Gasteiger partial charge in [0.05, 0.1) is 18.2 Å². The molecule has 7 heteroatoms. The van der Waals surface area contributed by atoms with E-state index in [1.54, 1.807) is 23.0 Å². The number of methoxy groups -OCH3 is 1. The van der Waals surface area contributed by atoms with Crippen LogP contribution in [-0.2, 0) is 13.6 Å². The van der Waals surface area contributed by atoms with E-state index in [1.165, 1.54) is 13.2 Å². The molecule has 0 aliphatic heterocycles. The lowest BCUT2D eigenvalue weighted by Gasteiger charge is -2.07. The molecule has 0 amide bonds. The summed E-state index contributed by atoms with van der Waals surface area (Å²) in [7, 11) is 3.34. The zero-order valence-electron chi connectivity index (χ0n) is 10.7. The summed E-state index contributed by atoms with van der Waals surface area (Å²) in [5.41, 5.74) is 1.39. The van der Waals surface area contributed by atoms with E-state index >= 15 is 0 Å². The first-order valence-corrected chi connectivity index (χ1v) is 5.64. The molecule has 0 aliphatic carbocycles. The van der Waals surface area contributed by atoms with Gasteiger partial charge in [0, 0.05) is 37.5 Å². The van der Waals surface area contributed by atoms with Gasteiger partial charge in [-0.2, -0.15) is 5.10 Å². The highest BCUT2D eigenvalue weighted by Gasteiger charge is 2.14. The Morgan fingerprint density at radius 3 is 2.89 bits per heavy atom. The monoisotopic (exact) mass is 262 g/mol. The first kappa shape index (κ1) is 12.9. The zero-order chi connectivity index (χ0) is 13.8. The molecule has 7 nitrogen and oxygen atoms in total. The van der Waals surface area contributed by atoms with Crippen LogP contribution >= 0.6 is 0 Å². The van der Waals surface area contributed by atoms with Crippen LogP contribution in [0.5, 0.6) is 5.75 Å². The maximum absolute atomic E-state index is 10.9. The zero-order valence-corrected chi connectivity index (χ0v) is 10.7. The molecule has 1 aromatic carbocycles. The summed E-state index contributed by atoms with van der Waals surface area (Å²) in [6, 6.07) is 4.59. The number of ether oxygens (including phenoxy) is 1. The van der Waals surface area contributed by atoms with Crippen molar-refractivity contribution in [3.05, 3.63) is 46.3 Å². The van der Waals surface area contributed by atoms with Crippen LogP contribution in [0.25, 0.3) is 0 Å². The lowest BCUT2D eigenvalue weighted by Crippen LogP contribution is -2.02. The van der Waals surface area contributed by atoms with Crippen molar-refractivity contribution in [1.29, 1.82) is 0 Å². The number of aromatic nitrogens is 2. The van der Waals surface area contributed by atoms with Gasteiger partial charge in [-0.1, -0.05) is 0 Å². The maximum Gasteiger partial charge on any atom is 0.292 e. The van der Waals surface area contributed by atoms with E-state index in [0.29, 0.717) is 18.0 Å². The summed E-state index contributed by atoms with van der Waals surface area (Å²) in [6.07, 6.45) is 3.55. The highest BCUT2D eigenvalue weighted by Crippen LogP contribution is 2.29. The van der Waals surface area contributed by atoms with Crippen molar-refractivity contribution in [2.75, 3.05) is 12.4 Å². The summed E-state index contributed by atoms with van der Waals surface area (Å²) in [5, 5.41) is 18.0. The number of hydrogen-bond acceptors (Lipinski definition) is 5. The molecule has 1 heterocycles. The quantitative estimate of drug-likeness (QED) is 0.657. The van der Waals surface area contributed by atoms with Gasteiger partial charge in [-0.3, -0.25) is 14.8 Å². The largest absolute Gasteiger partial charge is 0.497 e. The Morgan fingerprint density at radius 1 is 1.53 bits per heavy atom. The second kappa shape index (κ2) is 5.38. The van der Waals surface area contributed by atoms with Crippen molar-refractivity contribution in [3.63, 3.8) is 0 Å². The van der Waals surface area contributed by atoms with Crippen molar-refractivity contribution in [2.24, 2.45) is 7.05 Å². The minimum absolute atomic E-state index is 0.0182. The van der Waals surface area contributed by atoms with Gasteiger partial charge in [0.25, 0.3) is 5.69 Å². The molecule has 0 saturated heterocycles. The maximum atomic E-state index is 10.9. The van der Waals surface area contributed by atoms with E-state index in [0.717, 1.165) is 5.56 Å². The molecule has 0 saturated carbocycles. The fraction of sp³-hybridized carbons (Fsp3) is 0.250. The van der Waals surface area contributed by atoms with E-state index in [2.05, 4.69) is 10.4 Å². The molecule has 0 atom stereocenters. The van der Waals surface area contributed by atoms with E-state index in [4.69, 9.17) is 4.74 Å². The minimum atomic E-state index is -0.426. The third-order valence-electron chi connectivity index (χ3n) is 2.64. The normalized spacial score (nSPS) is 10.2. The van der Waals surface area contributed by atoms with Gasteiger partial charge < -0.3 is 10.1 Å². The summed E-state index contributed by atoms with van der Waals surface area (Å²) in [5.74, 6) is 0.569. The number of nitrogens with one attached hydrogen (secondary N) is 1. The molecule has 100 valence electrons. The molecule has 0 spiro atoms. The predicted octanol–water partition coefficient (Wildman–Crippen LogP) is 1.95. The molecule has 0 unspecified atom stereocenters. The van der Waals surface area contributed by atoms with Crippen LogP contribution in [0.4, 0.5) is 11.4 Å². The Kier molecular flexibility index (Phi) is 3.65. The van der Waals surface area contributed by atoms with Gasteiger partial charge in [-0.25, -0.2) is 0 Å². The third kappa shape index (κ3) is 3.01. The highest BCUT2D eigenvalue weighted by molar-refractivity contribution is 5.64. The smallest absolute Gasteiger partial charge is 0.292 e. The SMILES string of the molecule is COc1ccc([N+](=O)[O-])c(NCc2cnn(C)c2)c1. The molecule has 1 aromatic heterocycles.